The molecule has 2 aliphatic rings. The molecule has 2 amide bonds. The molecule has 4 rings (SSSR count). The third-order valence-electron chi connectivity index (χ3n) is 6.20. The topological polar surface area (TPSA) is 106 Å². The number of carbonyl (C=O) groups is 2. The van der Waals surface area contributed by atoms with Crippen LogP contribution in [0.4, 0.5) is 4.39 Å². The molecule has 2 aromatic rings. The molecule has 0 bridgehead atoms. The van der Waals surface area contributed by atoms with Crippen LogP contribution in [0.15, 0.2) is 29.4 Å². The lowest BCUT2D eigenvalue weighted by Gasteiger charge is -2.31. The molecule has 0 spiro atoms. The number of rotatable bonds is 6. The first kappa shape index (κ1) is 24.1. The zero-order valence-corrected chi connectivity index (χ0v) is 19.9. The van der Waals surface area contributed by atoms with Crippen molar-refractivity contribution in [1.82, 2.24) is 20.6 Å². The summed E-state index contributed by atoms with van der Waals surface area (Å²) in [5.41, 5.74) is 2.16. The van der Waals surface area contributed by atoms with E-state index in [9.17, 15) is 14.0 Å². The number of benzene rings is 1. The summed E-state index contributed by atoms with van der Waals surface area (Å²) in [5, 5.41) is 10.0. The van der Waals surface area contributed by atoms with Crippen LogP contribution in [0.25, 0.3) is 0 Å². The molecule has 10 heteroatoms. The molecule has 1 atom stereocenters. The van der Waals surface area contributed by atoms with Gasteiger partial charge in [0.05, 0.1) is 10.7 Å². The Morgan fingerprint density at radius 1 is 1.18 bits per heavy atom. The monoisotopic (exact) mass is 487 g/mol. The minimum atomic E-state index is -0.508. The lowest BCUT2D eigenvalue weighted by Crippen LogP contribution is -2.38. The normalized spacial score (nSPS) is 22.0. The SMILES string of the molecule is CC(=O)NC1CCC(C2CC(c3cc(C(=O)NCc4ccc(F)c(Cl)c4)nc(C)n3)=NO2)CC1. The number of aromatic nitrogens is 2. The number of oxime groups is 1. The van der Waals surface area contributed by atoms with E-state index in [1.54, 1.807) is 26.0 Å². The highest BCUT2D eigenvalue weighted by Crippen LogP contribution is 2.33. The summed E-state index contributed by atoms with van der Waals surface area (Å²) in [7, 11) is 0. The molecule has 0 saturated heterocycles. The Labute approximate surface area is 202 Å². The smallest absolute Gasteiger partial charge is 0.270 e. The Morgan fingerprint density at radius 2 is 1.94 bits per heavy atom. The predicted molar refractivity (Wildman–Crippen MR) is 125 cm³/mol. The van der Waals surface area contributed by atoms with E-state index in [-0.39, 0.29) is 41.2 Å². The molecule has 0 radical (unpaired) electrons. The van der Waals surface area contributed by atoms with Gasteiger partial charge in [-0.25, -0.2) is 14.4 Å². The number of halogens is 2. The van der Waals surface area contributed by atoms with Crippen molar-refractivity contribution in [3.05, 3.63) is 57.9 Å². The Bertz CT molecular complexity index is 1120. The molecule has 1 aromatic heterocycles. The maximum absolute atomic E-state index is 13.3. The Kier molecular flexibility index (Phi) is 7.41. The van der Waals surface area contributed by atoms with Crippen molar-refractivity contribution in [1.29, 1.82) is 0 Å². The number of carbonyl (C=O) groups excluding carboxylic acids is 2. The highest BCUT2D eigenvalue weighted by atomic mass is 35.5. The van der Waals surface area contributed by atoms with Crippen LogP contribution >= 0.6 is 11.6 Å². The second kappa shape index (κ2) is 10.5. The third-order valence-corrected chi connectivity index (χ3v) is 6.49. The first-order valence-electron chi connectivity index (χ1n) is 11.4. The van der Waals surface area contributed by atoms with E-state index in [2.05, 4.69) is 25.8 Å². The van der Waals surface area contributed by atoms with Gasteiger partial charge in [0.25, 0.3) is 5.91 Å². The first-order valence-corrected chi connectivity index (χ1v) is 11.7. The molecule has 1 fully saturated rings. The first-order chi connectivity index (χ1) is 16.3. The van der Waals surface area contributed by atoms with Gasteiger partial charge >= 0.3 is 0 Å². The standard InChI is InChI=1S/C24H27ClFN5O3/c1-13-28-20(10-22(29-13)24(33)27-12-15-3-8-19(26)18(25)9-15)21-11-23(34-31-21)16-4-6-17(7-5-16)30-14(2)32/h3,8-10,16-17,23H,4-7,11-12H2,1-2H3,(H,27,33)(H,30,32). The summed E-state index contributed by atoms with van der Waals surface area (Å²) in [6, 6.07) is 6.14. The second-order valence-electron chi connectivity index (χ2n) is 8.81. The number of amides is 2. The fourth-order valence-electron chi connectivity index (χ4n) is 4.48. The van der Waals surface area contributed by atoms with E-state index in [1.807, 2.05) is 0 Å². The van der Waals surface area contributed by atoms with Crippen LogP contribution in [-0.4, -0.2) is 39.6 Å². The van der Waals surface area contributed by atoms with E-state index in [0.717, 1.165) is 25.7 Å². The lowest BCUT2D eigenvalue weighted by atomic mass is 9.81. The van der Waals surface area contributed by atoms with Crippen molar-refractivity contribution in [2.75, 3.05) is 0 Å². The van der Waals surface area contributed by atoms with Crippen molar-refractivity contribution < 1.29 is 18.8 Å². The molecule has 1 aliphatic carbocycles. The van der Waals surface area contributed by atoms with E-state index in [1.165, 1.54) is 12.1 Å². The molecule has 180 valence electrons. The number of aryl methyl sites for hydroxylation is 1. The number of nitrogens with zero attached hydrogens (tertiary/aromatic N) is 3. The fourth-order valence-corrected chi connectivity index (χ4v) is 4.68. The summed E-state index contributed by atoms with van der Waals surface area (Å²) in [4.78, 5) is 38.4. The largest absolute Gasteiger partial charge is 0.391 e. The van der Waals surface area contributed by atoms with Gasteiger partial charge in [-0.1, -0.05) is 22.8 Å². The highest BCUT2D eigenvalue weighted by molar-refractivity contribution is 6.30. The van der Waals surface area contributed by atoms with Crippen LogP contribution in [0.2, 0.25) is 5.02 Å². The quantitative estimate of drug-likeness (QED) is 0.646. The van der Waals surface area contributed by atoms with Gasteiger partial charge in [-0.2, -0.15) is 0 Å². The van der Waals surface area contributed by atoms with E-state index < -0.39 is 5.82 Å². The van der Waals surface area contributed by atoms with Crippen molar-refractivity contribution in [2.45, 2.75) is 64.6 Å². The maximum atomic E-state index is 13.3. The second-order valence-corrected chi connectivity index (χ2v) is 9.22. The van der Waals surface area contributed by atoms with Crippen LogP contribution < -0.4 is 10.6 Å². The van der Waals surface area contributed by atoms with Gasteiger partial charge in [0.2, 0.25) is 5.91 Å². The van der Waals surface area contributed by atoms with Crippen molar-refractivity contribution in [3.63, 3.8) is 0 Å². The van der Waals surface area contributed by atoms with Crippen LogP contribution in [0.3, 0.4) is 0 Å². The van der Waals surface area contributed by atoms with Crippen LogP contribution in [0.5, 0.6) is 0 Å². The average Bonchev–Trinajstić information content (AvgIpc) is 3.30. The Balaban J connectivity index is 1.36. The van der Waals surface area contributed by atoms with Crippen molar-refractivity contribution >= 4 is 29.1 Å². The number of hydrogen-bond donors (Lipinski definition) is 2. The molecule has 8 nitrogen and oxygen atoms in total. The molecule has 2 N–H and O–H groups in total. The van der Waals surface area contributed by atoms with E-state index >= 15 is 0 Å². The fraction of sp³-hybridized carbons (Fsp3) is 0.458. The van der Waals surface area contributed by atoms with Gasteiger partial charge in [-0.3, -0.25) is 9.59 Å². The third kappa shape index (κ3) is 5.88. The molecule has 1 aromatic carbocycles. The van der Waals surface area contributed by atoms with Crippen molar-refractivity contribution in [2.24, 2.45) is 11.1 Å². The van der Waals surface area contributed by atoms with Crippen LogP contribution in [0.1, 0.15) is 66.6 Å². The molecule has 34 heavy (non-hydrogen) atoms. The number of hydrogen-bond acceptors (Lipinski definition) is 6. The predicted octanol–water partition coefficient (Wildman–Crippen LogP) is 3.70. The summed E-state index contributed by atoms with van der Waals surface area (Å²) in [5.74, 6) is -0.0634. The molecular weight excluding hydrogens is 461 g/mol. The maximum Gasteiger partial charge on any atom is 0.270 e. The zero-order valence-electron chi connectivity index (χ0n) is 19.1. The van der Waals surface area contributed by atoms with Gasteiger partial charge < -0.3 is 15.5 Å². The highest BCUT2D eigenvalue weighted by Gasteiger charge is 2.34. The molecule has 1 unspecified atom stereocenters. The van der Waals surface area contributed by atoms with E-state index in [4.69, 9.17) is 16.4 Å². The lowest BCUT2D eigenvalue weighted by molar-refractivity contribution is -0.120. The summed E-state index contributed by atoms with van der Waals surface area (Å²) in [6.07, 6.45) is 4.35. The Morgan fingerprint density at radius 3 is 2.65 bits per heavy atom. The van der Waals surface area contributed by atoms with Gasteiger partial charge in [0.15, 0.2) is 0 Å². The zero-order chi connectivity index (χ0) is 24.2. The number of nitrogens with one attached hydrogen (secondary N) is 2. The van der Waals surface area contributed by atoms with Crippen molar-refractivity contribution in [3.8, 4) is 0 Å². The molecular formula is C24H27ClFN5O3. The van der Waals surface area contributed by atoms with E-state index in [0.29, 0.717) is 35.1 Å². The minimum absolute atomic E-state index is 0.00400. The van der Waals surface area contributed by atoms with Gasteiger partial charge in [0, 0.05) is 25.9 Å². The van der Waals surface area contributed by atoms with Crippen LogP contribution in [-0.2, 0) is 16.2 Å². The van der Waals surface area contributed by atoms with Gasteiger partial charge in [0.1, 0.15) is 29.2 Å². The van der Waals surface area contributed by atoms with Crippen LogP contribution in [0, 0.1) is 18.7 Å². The molecule has 1 saturated carbocycles. The molecule has 1 aliphatic heterocycles. The van der Waals surface area contributed by atoms with Gasteiger partial charge in [-0.15, -0.1) is 0 Å². The minimum Gasteiger partial charge on any atom is -0.391 e. The molecule has 2 heterocycles. The summed E-state index contributed by atoms with van der Waals surface area (Å²) >= 11 is 5.81. The average molecular weight is 488 g/mol. The summed E-state index contributed by atoms with van der Waals surface area (Å²) < 4.78 is 13.3. The Hall–Kier alpha value is -3.07. The van der Waals surface area contributed by atoms with Gasteiger partial charge in [-0.05, 0) is 62.3 Å². The summed E-state index contributed by atoms with van der Waals surface area (Å²) in [6.45, 7) is 3.45.